The van der Waals surface area contributed by atoms with Crippen LogP contribution >= 0.6 is 0 Å². The van der Waals surface area contributed by atoms with Gasteiger partial charge in [-0.3, -0.25) is 14.5 Å². The SMILES string of the molecule is CN(C)CCN1CCN(C(=O)c2cccc(CNC(=O)C(C)(C)C)c2)CC1. The summed E-state index contributed by atoms with van der Waals surface area (Å²) in [6, 6.07) is 7.58. The van der Waals surface area contributed by atoms with Gasteiger partial charge in [0.2, 0.25) is 5.91 Å². The standard InChI is InChI=1S/C21H34N4O2/c1-21(2,3)20(27)22-16-17-7-6-8-18(15-17)19(26)25-13-11-24(12-14-25)10-9-23(4)5/h6-8,15H,9-14,16H2,1-5H3,(H,22,27). The van der Waals surface area contributed by atoms with Crippen LogP contribution in [0.15, 0.2) is 24.3 Å². The van der Waals surface area contributed by atoms with Crippen molar-refractivity contribution in [3.8, 4) is 0 Å². The predicted molar refractivity (Wildman–Crippen MR) is 109 cm³/mol. The zero-order valence-electron chi connectivity index (χ0n) is 17.4. The van der Waals surface area contributed by atoms with Gasteiger partial charge in [-0.25, -0.2) is 0 Å². The summed E-state index contributed by atoms with van der Waals surface area (Å²) in [4.78, 5) is 31.4. The number of likely N-dealkylation sites (N-methyl/N-ethyl adjacent to an activating group) is 1. The van der Waals surface area contributed by atoms with Crippen molar-refractivity contribution in [1.82, 2.24) is 20.0 Å². The number of piperazine rings is 1. The zero-order valence-corrected chi connectivity index (χ0v) is 17.4. The fourth-order valence-electron chi connectivity index (χ4n) is 2.96. The van der Waals surface area contributed by atoms with E-state index in [1.165, 1.54) is 0 Å². The first-order valence-electron chi connectivity index (χ1n) is 9.70. The molecule has 2 amide bonds. The molecular weight excluding hydrogens is 340 g/mol. The highest BCUT2D eigenvalue weighted by atomic mass is 16.2. The third-order valence-corrected chi connectivity index (χ3v) is 4.83. The van der Waals surface area contributed by atoms with Crippen molar-refractivity contribution >= 4 is 11.8 Å². The van der Waals surface area contributed by atoms with Crippen LogP contribution in [-0.4, -0.2) is 79.9 Å². The molecule has 1 fully saturated rings. The molecule has 27 heavy (non-hydrogen) atoms. The van der Waals surface area contributed by atoms with Crippen molar-refractivity contribution < 1.29 is 9.59 Å². The molecule has 1 aliphatic heterocycles. The number of carbonyl (C=O) groups excluding carboxylic acids is 2. The third kappa shape index (κ3) is 6.63. The molecule has 150 valence electrons. The Labute approximate surface area is 163 Å². The number of carbonyl (C=O) groups is 2. The summed E-state index contributed by atoms with van der Waals surface area (Å²) in [5, 5.41) is 2.94. The van der Waals surface area contributed by atoms with Gasteiger partial charge in [0.05, 0.1) is 0 Å². The molecule has 0 aromatic heterocycles. The Morgan fingerprint density at radius 3 is 2.37 bits per heavy atom. The molecule has 6 nitrogen and oxygen atoms in total. The Balaban J connectivity index is 1.89. The Hall–Kier alpha value is -1.92. The lowest BCUT2D eigenvalue weighted by atomic mass is 9.95. The van der Waals surface area contributed by atoms with Crippen LogP contribution in [0.25, 0.3) is 0 Å². The number of nitrogens with one attached hydrogen (secondary N) is 1. The molecule has 1 heterocycles. The molecule has 0 spiro atoms. The van der Waals surface area contributed by atoms with Crippen LogP contribution in [0.4, 0.5) is 0 Å². The monoisotopic (exact) mass is 374 g/mol. The number of hydrogen-bond donors (Lipinski definition) is 1. The van der Waals surface area contributed by atoms with Crippen molar-refractivity contribution in [2.45, 2.75) is 27.3 Å². The fraction of sp³-hybridized carbons (Fsp3) is 0.619. The van der Waals surface area contributed by atoms with E-state index in [1.54, 1.807) is 0 Å². The number of benzene rings is 1. The molecule has 0 saturated carbocycles. The molecule has 0 radical (unpaired) electrons. The minimum absolute atomic E-state index is 0.00748. The molecule has 1 N–H and O–H groups in total. The van der Waals surface area contributed by atoms with Crippen LogP contribution in [0.5, 0.6) is 0 Å². The van der Waals surface area contributed by atoms with Gasteiger partial charge < -0.3 is 15.1 Å². The average molecular weight is 375 g/mol. The van der Waals surface area contributed by atoms with Crippen LogP contribution in [0.2, 0.25) is 0 Å². The second-order valence-corrected chi connectivity index (χ2v) is 8.57. The number of hydrogen-bond acceptors (Lipinski definition) is 4. The molecule has 1 aromatic rings. The van der Waals surface area contributed by atoms with Crippen LogP contribution < -0.4 is 5.32 Å². The van der Waals surface area contributed by atoms with E-state index in [4.69, 9.17) is 0 Å². The van der Waals surface area contributed by atoms with Crippen molar-refractivity contribution in [2.24, 2.45) is 5.41 Å². The summed E-state index contributed by atoms with van der Waals surface area (Å²) in [6.07, 6.45) is 0. The highest BCUT2D eigenvalue weighted by Gasteiger charge is 2.23. The van der Waals surface area contributed by atoms with Gasteiger partial charge in [0.15, 0.2) is 0 Å². The lowest BCUT2D eigenvalue weighted by Gasteiger charge is -2.35. The van der Waals surface area contributed by atoms with E-state index in [9.17, 15) is 9.59 Å². The van der Waals surface area contributed by atoms with Gasteiger partial charge in [-0.1, -0.05) is 32.9 Å². The molecule has 1 aliphatic rings. The molecule has 0 atom stereocenters. The summed E-state index contributed by atoms with van der Waals surface area (Å²) in [5.74, 6) is 0.0827. The van der Waals surface area contributed by atoms with Gasteiger partial charge in [0.1, 0.15) is 0 Å². The van der Waals surface area contributed by atoms with Gasteiger partial charge in [0.25, 0.3) is 5.91 Å². The first kappa shape index (κ1) is 21.4. The van der Waals surface area contributed by atoms with E-state index < -0.39 is 5.41 Å². The summed E-state index contributed by atoms with van der Waals surface area (Å²) in [6.45, 7) is 11.5. The van der Waals surface area contributed by atoms with E-state index in [1.807, 2.05) is 49.9 Å². The van der Waals surface area contributed by atoms with Crippen molar-refractivity contribution in [3.63, 3.8) is 0 Å². The van der Waals surface area contributed by atoms with Gasteiger partial charge >= 0.3 is 0 Å². The largest absolute Gasteiger partial charge is 0.352 e. The molecule has 1 saturated heterocycles. The Morgan fingerprint density at radius 1 is 1.11 bits per heavy atom. The number of rotatable bonds is 6. The molecule has 2 rings (SSSR count). The van der Waals surface area contributed by atoms with E-state index in [0.29, 0.717) is 12.1 Å². The first-order chi connectivity index (χ1) is 12.7. The molecule has 1 aromatic carbocycles. The van der Waals surface area contributed by atoms with E-state index >= 15 is 0 Å². The van der Waals surface area contributed by atoms with Crippen molar-refractivity contribution in [2.75, 3.05) is 53.4 Å². The highest BCUT2D eigenvalue weighted by molar-refractivity contribution is 5.94. The summed E-state index contributed by atoms with van der Waals surface area (Å²) in [7, 11) is 4.16. The maximum absolute atomic E-state index is 12.8. The first-order valence-corrected chi connectivity index (χ1v) is 9.70. The van der Waals surface area contributed by atoms with E-state index in [0.717, 1.165) is 44.8 Å². The average Bonchev–Trinajstić information content (AvgIpc) is 2.63. The van der Waals surface area contributed by atoms with Crippen LogP contribution in [0, 0.1) is 5.41 Å². The highest BCUT2D eigenvalue weighted by Crippen LogP contribution is 2.14. The lowest BCUT2D eigenvalue weighted by Crippen LogP contribution is -2.50. The molecular formula is C21H34N4O2. The molecule has 6 heteroatoms. The minimum atomic E-state index is -0.417. The van der Waals surface area contributed by atoms with Gasteiger partial charge in [0, 0.05) is 56.8 Å². The topological polar surface area (TPSA) is 55.9 Å². The van der Waals surface area contributed by atoms with Crippen molar-refractivity contribution in [3.05, 3.63) is 35.4 Å². The Kier molecular flexibility index (Phi) is 7.39. The predicted octanol–water partition coefficient (Wildman–Crippen LogP) is 1.67. The van der Waals surface area contributed by atoms with Crippen molar-refractivity contribution in [1.29, 1.82) is 0 Å². The summed E-state index contributed by atoms with van der Waals surface area (Å²) < 4.78 is 0. The van der Waals surface area contributed by atoms with Gasteiger partial charge in [-0.2, -0.15) is 0 Å². The quantitative estimate of drug-likeness (QED) is 0.823. The number of amides is 2. The van der Waals surface area contributed by atoms with E-state index in [-0.39, 0.29) is 11.8 Å². The normalized spacial score (nSPS) is 15.9. The summed E-state index contributed by atoms with van der Waals surface area (Å²) >= 11 is 0. The molecule has 0 unspecified atom stereocenters. The zero-order chi connectivity index (χ0) is 20.0. The van der Waals surface area contributed by atoms with E-state index in [2.05, 4.69) is 29.2 Å². The van der Waals surface area contributed by atoms with Crippen LogP contribution in [-0.2, 0) is 11.3 Å². The molecule has 0 aliphatic carbocycles. The second-order valence-electron chi connectivity index (χ2n) is 8.57. The van der Waals surface area contributed by atoms with Gasteiger partial charge in [-0.05, 0) is 31.8 Å². The minimum Gasteiger partial charge on any atom is -0.352 e. The van der Waals surface area contributed by atoms with Crippen LogP contribution in [0.3, 0.4) is 0 Å². The number of nitrogens with zero attached hydrogens (tertiary/aromatic N) is 3. The molecule has 0 bridgehead atoms. The maximum atomic E-state index is 12.8. The van der Waals surface area contributed by atoms with Gasteiger partial charge in [-0.15, -0.1) is 0 Å². The lowest BCUT2D eigenvalue weighted by molar-refractivity contribution is -0.128. The second kappa shape index (κ2) is 9.33. The Bertz CT molecular complexity index is 644. The van der Waals surface area contributed by atoms with Crippen LogP contribution in [0.1, 0.15) is 36.7 Å². The Morgan fingerprint density at radius 2 is 1.78 bits per heavy atom. The third-order valence-electron chi connectivity index (χ3n) is 4.83. The smallest absolute Gasteiger partial charge is 0.253 e. The fourth-order valence-corrected chi connectivity index (χ4v) is 2.96. The maximum Gasteiger partial charge on any atom is 0.253 e. The summed E-state index contributed by atoms with van der Waals surface area (Å²) in [5.41, 5.74) is 1.22.